The van der Waals surface area contributed by atoms with Crippen LogP contribution in [0.4, 0.5) is 0 Å². The number of hydrogen-bond acceptors (Lipinski definition) is 2. The Morgan fingerprint density at radius 2 is 1.83 bits per heavy atom. The zero-order chi connectivity index (χ0) is 17.4. The minimum Gasteiger partial charge on any atom is -0.357 e. The molecule has 2 rings (SSSR count). The Kier molecular flexibility index (Phi) is 7.57. The third-order valence-electron chi connectivity index (χ3n) is 4.85. The van der Waals surface area contributed by atoms with Crippen LogP contribution in [0.1, 0.15) is 51.7 Å². The van der Waals surface area contributed by atoms with Gasteiger partial charge in [0.15, 0.2) is 5.96 Å². The molecule has 2 N–H and O–H groups in total. The Bertz CT molecular complexity index is 516. The Morgan fingerprint density at radius 3 is 2.42 bits per heavy atom. The molecule has 1 heterocycles. The molecule has 134 valence electrons. The molecular weight excluding hydrogens is 296 g/mol. The van der Waals surface area contributed by atoms with E-state index < -0.39 is 0 Å². The highest BCUT2D eigenvalue weighted by atomic mass is 15.2. The SMILES string of the molecule is CCNC(=NCc1ccccc1CC)NC1CCN(C(C)C)CC1. The van der Waals surface area contributed by atoms with E-state index in [0.29, 0.717) is 12.1 Å². The number of aliphatic imine (C=N–C) groups is 1. The van der Waals surface area contributed by atoms with Gasteiger partial charge < -0.3 is 15.5 Å². The van der Waals surface area contributed by atoms with E-state index in [2.05, 4.69) is 67.5 Å². The van der Waals surface area contributed by atoms with E-state index in [9.17, 15) is 0 Å². The Balaban J connectivity index is 1.94. The van der Waals surface area contributed by atoms with Gasteiger partial charge in [-0.05, 0) is 51.2 Å². The van der Waals surface area contributed by atoms with Gasteiger partial charge in [0.1, 0.15) is 0 Å². The first kappa shape index (κ1) is 18.8. The zero-order valence-electron chi connectivity index (χ0n) is 15.8. The van der Waals surface area contributed by atoms with Crippen molar-refractivity contribution >= 4 is 5.96 Å². The third-order valence-corrected chi connectivity index (χ3v) is 4.85. The van der Waals surface area contributed by atoms with Crippen LogP contribution >= 0.6 is 0 Å². The summed E-state index contributed by atoms with van der Waals surface area (Å²) in [6.07, 6.45) is 3.44. The quantitative estimate of drug-likeness (QED) is 0.622. The molecular formula is C20H34N4. The second-order valence-corrected chi connectivity index (χ2v) is 6.87. The summed E-state index contributed by atoms with van der Waals surface area (Å²) in [6, 6.07) is 9.78. The van der Waals surface area contributed by atoms with E-state index >= 15 is 0 Å². The van der Waals surface area contributed by atoms with Gasteiger partial charge in [-0.25, -0.2) is 4.99 Å². The van der Waals surface area contributed by atoms with Crippen molar-refractivity contribution in [3.05, 3.63) is 35.4 Å². The van der Waals surface area contributed by atoms with Gasteiger partial charge in [0.05, 0.1) is 6.54 Å². The molecule has 0 aliphatic carbocycles. The summed E-state index contributed by atoms with van der Waals surface area (Å²) in [6.45, 7) is 12.9. The molecule has 0 radical (unpaired) electrons. The van der Waals surface area contributed by atoms with Crippen molar-refractivity contribution < 1.29 is 0 Å². The summed E-state index contributed by atoms with van der Waals surface area (Å²) in [5, 5.41) is 7.03. The largest absolute Gasteiger partial charge is 0.357 e. The molecule has 0 aromatic heterocycles. The fourth-order valence-corrected chi connectivity index (χ4v) is 3.29. The molecule has 0 atom stereocenters. The molecule has 1 saturated heterocycles. The highest BCUT2D eigenvalue weighted by Crippen LogP contribution is 2.13. The fourth-order valence-electron chi connectivity index (χ4n) is 3.29. The number of hydrogen-bond donors (Lipinski definition) is 2. The first-order valence-electron chi connectivity index (χ1n) is 9.49. The van der Waals surface area contributed by atoms with Gasteiger partial charge >= 0.3 is 0 Å². The topological polar surface area (TPSA) is 39.7 Å². The van der Waals surface area contributed by atoms with Gasteiger partial charge in [-0.3, -0.25) is 0 Å². The number of piperidine rings is 1. The lowest BCUT2D eigenvalue weighted by atomic mass is 10.0. The molecule has 1 aromatic rings. The summed E-state index contributed by atoms with van der Waals surface area (Å²) in [4.78, 5) is 7.38. The predicted octanol–water partition coefficient (Wildman–Crippen LogP) is 3.18. The lowest BCUT2D eigenvalue weighted by molar-refractivity contribution is 0.167. The van der Waals surface area contributed by atoms with E-state index in [4.69, 9.17) is 4.99 Å². The monoisotopic (exact) mass is 330 g/mol. The van der Waals surface area contributed by atoms with Gasteiger partial charge in [-0.15, -0.1) is 0 Å². The van der Waals surface area contributed by atoms with Gasteiger partial charge in [0.2, 0.25) is 0 Å². The highest BCUT2D eigenvalue weighted by molar-refractivity contribution is 5.80. The number of guanidine groups is 1. The molecule has 0 amide bonds. The third kappa shape index (κ3) is 5.52. The number of nitrogens with one attached hydrogen (secondary N) is 2. The molecule has 0 unspecified atom stereocenters. The van der Waals surface area contributed by atoms with Gasteiger partial charge in [-0.2, -0.15) is 0 Å². The second kappa shape index (κ2) is 9.67. The van der Waals surface area contributed by atoms with Gasteiger partial charge in [-0.1, -0.05) is 31.2 Å². The number of likely N-dealkylation sites (tertiary alicyclic amines) is 1. The van der Waals surface area contributed by atoms with Crippen LogP contribution < -0.4 is 10.6 Å². The van der Waals surface area contributed by atoms with Crippen LogP contribution in [0.15, 0.2) is 29.3 Å². The molecule has 0 spiro atoms. The molecule has 1 aliphatic rings. The van der Waals surface area contributed by atoms with E-state index in [1.54, 1.807) is 0 Å². The van der Waals surface area contributed by atoms with E-state index in [1.807, 2.05) is 0 Å². The minimum atomic E-state index is 0.527. The zero-order valence-corrected chi connectivity index (χ0v) is 15.8. The van der Waals surface area contributed by atoms with Crippen LogP contribution in [0.2, 0.25) is 0 Å². The van der Waals surface area contributed by atoms with E-state index in [1.165, 1.54) is 37.1 Å². The maximum atomic E-state index is 4.82. The number of aryl methyl sites for hydroxylation is 1. The molecule has 1 aliphatic heterocycles. The van der Waals surface area contributed by atoms with Crippen LogP contribution in [0, 0.1) is 0 Å². The van der Waals surface area contributed by atoms with Crippen molar-refractivity contribution in [2.24, 2.45) is 4.99 Å². The van der Waals surface area contributed by atoms with Crippen molar-refractivity contribution in [1.82, 2.24) is 15.5 Å². The van der Waals surface area contributed by atoms with Gasteiger partial charge in [0, 0.05) is 31.7 Å². The van der Waals surface area contributed by atoms with Crippen molar-refractivity contribution in [3.63, 3.8) is 0 Å². The molecule has 1 aromatic carbocycles. The van der Waals surface area contributed by atoms with Gasteiger partial charge in [0.25, 0.3) is 0 Å². The van der Waals surface area contributed by atoms with Crippen LogP contribution in [0.3, 0.4) is 0 Å². The average Bonchev–Trinajstić information content (AvgIpc) is 2.60. The average molecular weight is 331 g/mol. The summed E-state index contributed by atoms with van der Waals surface area (Å²) in [7, 11) is 0. The molecule has 4 heteroatoms. The van der Waals surface area contributed by atoms with Crippen molar-refractivity contribution in [2.45, 2.75) is 65.6 Å². The van der Waals surface area contributed by atoms with E-state index in [-0.39, 0.29) is 0 Å². The Morgan fingerprint density at radius 1 is 1.17 bits per heavy atom. The molecule has 4 nitrogen and oxygen atoms in total. The maximum Gasteiger partial charge on any atom is 0.191 e. The molecule has 0 saturated carbocycles. The Hall–Kier alpha value is -1.55. The maximum absolute atomic E-state index is 4.82. The number of nitrogens with zero attached hydrogens (tertiary/aromatic N) is 2. The summed E-state index contributed by atoms with van der Waals surface area (Å²) in [5.74, 6) is 0.950. The number of rotatable bonds is 6. The summed E-state index contributed by atoms with van der Waals surface area (Å²) in [5.41, 5.74) is 2.72. The smallest absolute Gasteiger partial charge is 0.191 e. The van der Waals surface area contributed by atoms with Crippen molar-refractivity contribution in [1.29, 1.82) is 0 Å². The lowest BCUT2D eigenvalue weighted by Gasteiger charge is -2.35. The normalized spacial score (nSPS) is 17.3. The lowest BCUT2D eigenvalue weighted by Crippen LogP contribution is -2.49. The summed E-state index contributed by atoms with van der Waals surface area (Å²) < 4.78 is 0. The van der Waals surface area contributed by atoms with E-state index in [0.717, 1.165) is 25.5 Å². The van der Waals surface area contributed by atoms with Crippen LogP contribution in [0.25, 0.3) is 0 Å². The minimum absolute atomic E-state index is 0.527. The van der Waals surface area contributed by atoms with Crippen LogP contribution in [-0.4, -0.2) is 42.6 Å². The molecule has 24 heavy (non-hydrogen) atoms. The number of benzene rings is 1. The predicted molar refractivity (Wildman–Crippen MR) is 104 cm³/mol. The first-order valence-corrected chi connectivity index (χ1v) is 9.49. The first-order chi connectivity index (χ1) is 11.6. The highest BCUT2D eigenvalue weighted by Gasteiger charge is 2.21. The van der Waals surface area contributed by atoms with Crippen LogP contribution in [0.5, 0.6) is 0 Å². The summed E-state index contributed by atoms with van der Waals surface area (Å²) >= 11 is 0. The Labute approximate surface area is 147 Å². The molecule has 1 fully saturated rings. The standard InChI is InChI=1S/C20H34N4/c1-5-17-9-7-8-10-18(17)15-22-20(21-6-2)23-19-11-13-24(14-12-19)16(3)4/h7-10,16,19H,5-6,11-15H2,1-4H3,(H2,21,22,23). The fraction of sp³-hybridized carbons (Fsp3) is 0.650. The van der Waals surface area contributed by atoms with Crippen molar-refractivity contribution in [3.8, 4) is 0 Å². The molecule has 0 bridgehead atoms. The second-order valence-electron chi connectivity index (χ2n) is 6.87. The van der Waals surface area contributed by atoms with Crippen LogP contribution in [-0.2, 0) is 13.0 Å². The van der Waals surface area contributed by atoms with Crippen molar-refractivity contribution in [2.75, 3.05) is 19.6 Å².